The lowest BCUT2D eigenvalue weighted by molar-refractivity contribution is -0.248. The van der Waals surface area contributed by atoms with E-state index >= 15 is 0 Å². The summed E-state index contributed by atoms with van der Waals surface area (Å²) >= 11 is 0. The number of esters is 3. The predicted molar refractivity (Wildman–Crippen MR) is 156 cm³/mol. The van der Waals surface area contributed by atoms with E-state index in [1.54, 1.807) is 6.92 Å². The Balaban J connectivity index is 1.63. The molecule has 2 N–H and O–H groups in total. The fraction of sp³-hybridized carbons (Fsp3) is 0.853. The molecule has 0 unspecified atom stereocenters. The number of hydrogen-bond acceptors (Lipinski definition) is 8. The molecule has 42 heavy (non-hydrogen) atoms. The zero-order valence-electron chi connectivity index (χ0n) is 27.0. The van der Waals surface area contributed by atoms with Crippen LogP contribution in [0.2, 0.25) is 0 Å². The third-order valence-corrected chi connectivity index (χ3v) is 13.9. The molecule has 0 bridgehead atoms. The van der Waals surface area contributed by atoms with Crippen LogP contribution in [0.15, 0.2) is 11.6 Å². The van der Waals surface area contributed by atoms with E-state index in [0.29, 0.717) is 25.7 Å². The van der Waals surface area contributed by atoms with Crippen LogP contribution < -0.4 is 0 Å². The normalized spacial score (nSPS) is 49.2. The van der Waals surface area contributed by atoms with Crippen LogP contribution in [0.5, 0.6) is 0 Å². The molecule has 5 aliphatic rings. The van der Waals surface area contributed by atoms with Gasteiger partial charge in [0.2, 0.25) is 0 Å². The Morgan fingerprint density at radius 2 is 1.48 bits per heavy atom. The third-order valence-electron chi connectivity index (χ3n) is 13.9. The lowest BCUT2D eigenvalue weighted by atomic mass is 9.33. The molecule has 0 spiro atoms. The summed E-state index contributed by atoms with van der Waals surface area (Å²) in [6, 6.07) is 0. The fourth-order valence-electron chi connectivity index (χ4n) is 11.4. The summed E-state index contributed by atoms with van der Waals surface area (Å²) in [5, 5.41) is 23.5. The van der Waals surface area contributed by atoms with Gasteiger partial charge < -0.3 is 24.4 Å². The van der Waals surface area contributed by atoms with Crippen LogP contribution in [-0.4, -0.2) is 60.7 Å². The average Bonchev–Trinajstić information content (AvgIpc) is 2.92. The zero-order valence-corrected chi connectivity index (χ0v) is 27.0. The summed E-state index contributed by atoms with van der Waals surface area (Å²) in [7, 11) is 2.81. The number of fused-ring (bicyclic) bond motifs is 7. The number of rotatable bonds is 3. The van der Waals surface area contributed by atoms with E-state index < -0.39 is 46.5 Å². The number of aliphatic hydroxyl groups is 2. The van der Waals surface area contributed by atoms with Gasteiger partial charge in [-0.25, -0.2) is 0 Å². The number of carbonyl (C=O) groups is 3. The van der Waals surface area contributed by atoms with Crippen LogP contribution in [0.3, 0.4) is 0 Å². The Labute approximate surface area is 250 Å². The molecular formula is C34H52O8. The van der Waals surface area contributed by atoms with E-state index in [2.05, 4.69) is 40.7 Å². The molecule has 4 fully saturated rings. The maximum Gasteiger partial charge on any atom is 0.315 e. The van der Waals surface area contributed by atoms with Gasteiger partial charge in [0.25, 0.3) is 0 Å². The highest BCUT2D eigenvalue weighted by Gasteiger charge is 2.73. The SMILES string of the molecule is COC(=O)[C@]12CCC(C)(C)[C@H](O)[C@H]1C1=CC[C@@H]3[C@@]4(C)C[C@@H](O)[C@H](OC(C)=O)[C@](C)(C(=O)OC)[C@@H]4CC[C@@]3(C)[C@]1(C)CC2. The summed E-state index contributed by atoms with van der Waals surface area (Å²) in [6.45, 7) is 14.2. The maximum atomic E-state index is 13.5. The van der Waals surface area contributed by atoms with E-state index in [1.165, 1.54) is 26.7 Å². The van der Waals surface area contributed by atoms with Gasteiger partial charge in [-0.15, -0.1) is 0 Å². The highest BCUT2D eigenvalue weighted by Crippen LogP contribution is 2.76. The van der Waals surface area contributed by atoms with Gasteiger partial charge in [-0.05, 0) is 91.8 Å². The van der Waals surface area contributed by atoms with Gasteiger partial charge in [-0.1, -0.05) is 46.3 Å². The second-order valence-electron chi connectivity index (χ2n) is 15.9. The van der Waals surface area contributed by atoms with Crippen molar-refractivity contribution in [3.63, 3.8) is 0 Å². The van der Waals surface area contributed by atoms with Gasteiger partial charge in [0.05, 0.1) is 31.8 Å². The van der Waals surface area contributed by atoms with E-state index in [0.717, 1.165) is 25.7 Å². The van der Waals surface area contributed by atoms with Crippen LogP contribution in [0, 0.1) is 50.2 Å². The number of hydrogen-bond donors (Lipinski definition) is 2. The van der Waals surface area contributed by atoms with Crippen LogP contribution in [0.4, 0.5) is 0 Å². The molecule has 5 aliphatic carbocycles. The summed E-state index contributed by atoms with van der Waals surface area (Å²) < 4.78 is 16.4. The minimum atomic E-state index is -1.20. The van der Waals surface area contributed by atoms with Crippen molar-refractivity contribution in [1.29, 1.82) is 0 Å². The van der Waals surface area contributed by atoms with Crippen molar-refractivity contribution in [1.82, 2.24) is 0 Å². The molecule has 0 aromatic heterocycles. The lowest BCUT2D eigenvalue weighted by Crippen LogP contribution is -2.70. The van der Waals surface area contributed by atoms with Gasteiger partial charge in [-0.2, -0.15) is 0 Å². The van der Waals surface area contributed by atoms with Gasteiger partial charge in [0.15, 0.2) is 0 Å². The molecule has 0 aromatic rings. The molecule has 0 radical (unpaired) electrons. The van der Waals surface area contributed by atoms with Crippen molar-refractivity contribution < 1.29 is 38.8 Å². The highest BCUT2D eigenvalue weighted by molar-refractivity contribution is 5.80. The van der Waals surface area contributed by atoms with Crippen molar-refractivity contribution >= 4 is 17.9 Å². The monoisotopic (exact) mass is 588 g/mol. The van der Waals surface area contributed by atoms with Gasteiger partial charge in [-0.3, -0.25) is 14.4 Å². The molecule has 11 atom stereocenters. The Hall–Kier alpha value is -1.93. The summed E-state index contributed by atoms with van der Waals surface area (Å²) in [6.07, 6.45) is 5.22. The highest BCUT2D eigenvalue weighted by atomic mass is 16.6. The minimum absolute atomic E-state index is 0.119. The van der Waals surface area contributed by atoms with E-state index in [4.69, 9.17) is 14.2 Å². The smallest absolute Gasteiger partial charge is 0.315 e. The van der Waals surface area contributed by atoms with Crippen molar-refractivity contribution in [2.75, 3.05) is 14.2 Å². The number of methoxy groups -OCH3 is 2. The van der Waals surface area contributed by atoms with Crippen molar-refractivity contribution in [3.05, 3.63) is 11.6 Å². The first-order valence-corrected chi connectivity index (χ1v) is 15.8. The van der Waals surface area contributed by atoms with Crippen LogP contribution in [-0.2, 0) is 28.6 Å². The maximum absolute atomic E-state index is 13.5. The summed E-state index contributed by atoms with van der Waals surface area (Å²) in [5.74, 6) is -1.57. The number of carbonyl (C=O) groups excluding carboxylic acids is 3. The topological polar surface area (TPSA) is 119 Å². The third kappa shape index (κ3) is 3.82. The van der Waals surface area contributed by atoms with Crippen molar-refractivity contribution in [2.45, 2.75) is 118 Å². The van der Waals surface area contributed by atoms with Gasteiger partial charge >= 0.3 is 17.9 Å². The van der Waals surface area contributed by atoms with E-state index in [-0.39, 0.29) is 40.0 Å². The van der Waals surface area contributed by atoms with Crippen LogP contribution in [0.1, 0.15) is 99.8 Å². The molecule has 0 aliphatic heterocycles. The molecule has 0 saturated heterocycles. The molecule has 5 rings (SSSR count). The second kappa shape index (κ2) is 9.79. The standard InChI is InChI=1S/C34H52O8/c1-19(35)42-26-21(36)18-30(4)22-11-10-20-24-25(37)29(2,3)14-16-34(24,28(39)41-9)17-15-31(20,5)32(22,6)13-12-23(30)33(26,7)27(38)40-8/h10,21-26,36-37H,11-18H2,1-9H3/t21-,22-,23-,24-,25-,26+,30-,31-,32-,33-,34+/m1/s1. The van der Waals surface area contributed by atoms with E-state index in [1.807, 2.05) is 0 Å². The van der Waals surface area contributed by atoms with Gasteiger partial charge in [0.1, 0.15) is 11.5 Å². The van der Waals surface area contributed by atoms with Crippen molar-refractivity contribution in [2.24, 2.45) is 50.2 Å². The predicted octanol–water partition coefficient (Wildman–Crippen LogP) is 4.99. The second-order valence-corrected chi connectivity index (χ2v) is 15.9. The molecule has 0 aromatic carbocycles. The molecule has 4 saturated carbocycles. The van der Waals surface area contributed by atoms with Crippen molar-refractivity contribution in [3.8, 4) is 0 Å². The quantitative estimate of drug-likeness (QED) is 0.269. The minimum Gasteiger partial charge on any atom is -0.469 e. The number of allylic oxidation sites excluding steroid dienone is 1. The Bertz CT molecular complexity index is 1190. The first kappa shape index (κ1) is 31.5. The Kier molecular flexibility index (Phi) is 7.34. The van der Waals surface area contributed by atoms with Crippen LogP contribution >= 0.6 is 0 Å². The summed E-state index contributed by atoms with van der Waals surface area (Å²) in [5.41, 5.74) is -2.03. The first-order valence-electron chi connectivity index (χ1n) is 15.8. The molecule has 0 heterocycles. The largest absolute Gasteiger partial charge is 0.469 e. The lowest BCUT2D eigenvalue weighted by Gasteiger charge is -2.71. The Morgan fingerprint density at radius 3 is 2.07 bits per heavy atom. The summed E-state index contributed by atoms with van der Waals surface area (Å²) in [4.78, 5) is 39.1. The fourth-order valence-corrected chi connectivity index (χ4v) is 11.4. The van der Waals surface area contributed by atoms with Crippen LogP contribution in [0.25, 0.3) is 0 Å². The molecule has 0 amide bonds. The zero-order chi connectivity index (χ0) is 31.3. The molecule has 8 nitrogen and oxygen atoms in total. The van der Waals surface area contributed by atoms with E-state index in [9.17, 15) is 24.6 Å². The molecular weight excluding hydrogens is 536 g/mol. The molecule has 8 heteroatoms. The number of ether oxygens (including phenoxy) is 3. The van der Waals surface area contributed by atoms with Gasteiger partial charge in [0, 0.05) is 12.8 Å². The Morgan fingerprint density at radius 1 is 0.857 bits per heavy atom. The average molecular weight is 589 g/mol. The first-order chi connectivity index (χ1) is 19.4. The number of aliphatic hydroxyl groups excluding tert-OH is 2. The molecule has 236 valence electrons.